The van der Waals surface area contributed by atoms with Gasteiger partial charge in [0.2, 0.25) is 0 Å². The smallest absolute Gasteiger partial charge is 0.410 e. The summed E-state index contributed by atoms with van der Waals surface area (Å²) in [4.78, 5) is 24.3. The molecule has 0 aliphatic carbocycles. The van der Waals surface area contributed by atoms with E-state index in [9.17, 15) is 9.59 Å². The van der Waals surface area contributed by atoms with E-state index in [1.165, 1.54) is 16.7 Å². The zero-order valence-electron chi connectivity index (χ0n) is 12.2. The quantitative estimate of drug-likeness (QED) is 0.724. The fourth-order valence-electron chi connectivity index (χ4n) is 1.99. The fraction of sp³-hybridized carbons (Fsp3) is 0.846. The molecule has 2 N–H and O–H groups in total. The topological polar surface area (TPSA) is 87.1 Å². The molecule has 6 nitrogen and oxygen atoms in total. The summed E-state index contributed by atoms with van der Waals surface area (Å²) in [7, 11) is 0. The number of rotatable bonds is 6. The molecule has 116 valence electrons. The monoisotopic (exact) mass is 305 g/mol. The lowest BCUT2D eigenvalue weighted by molar-refractivity contribution is -0.138. The first kappa shape index (κ1) is 17.1. The molecule has 0 aromatic heterocycles. The van der Waals surface area contributed by atoms with E-state index < -0.39 is 22.4 Å². The number of ether oxygens (including phenoxy) is 1. The molecular formula is C13H23NO5S. The highest BCUT2D eigenvalue weighted by molar-refractivity contribution is 8.00. The first-order chi connectivity index (χ1) is 9.17. The Morgan fingerprint density at radius 1 is 1.35 bits per heavy atom. The molecule has 0 atom stereocenters. The van der Waals surface area contributed by atoms with Crippen LogP contribution in [0.4, 0.5) is 4.79 Å². The molecule has 1 amide bonds. The van der Waals surface area contributed by atoms with Crippen LogP contribution in [0.25, 0.3) is 0 Å². The van der Waals surface area contributed by atoms with Crippen LogP contribution in [0.2, 0.25) is 0 Å². The maximum absolute atomic E-state index is 11.9. The lowest BCUT2D eigenvalue weighted by Crippen LogP contribution is -2.63. The number of carbonyl (C=O) groups is 2. The second-order valence-corrected chi connectivity index (χ2v) is 7.58. The summed E-state index contributed by atoms with van der Waals surface area (Å²) in [6.45, 7) is 6.24. The van der Waals surface area contributed by atoms with Gasteiger partial charge in [-0.25, -0.2) is 4.79 Å². The van der Waals surface area contributed by atoms with Crippen molar-refractivity contribution in [3.05, 3.63) is 0 Å². The molecule has 20 heavy (non-hydrogen) atoms. The third-order valence-electron chi connectivity index (χ3n) is 2.79. The van der Waals surface area contributed by atoms with Gasteiger partial charge >= 0.3 is 12.1 Å². The highest BCUT2D eigenvalue weighted by atomic mass is 32.2. The molecule has 1 heterocycles. The van der Waals surface area contributed by atoms with Gasteiger partial charge in [0.05, 0.1) is 11.2 Å². The van der Waals surface area contributed by atoms with Crippen molar-refractivity contribution in [2.24, 2.45) is 0 Å². The lowest BCUT2D eigenvalue weighted by Gasteiger charge is -2.48. The third kappa shape index (κ3) is 5.20. The molecule has 0 aromatic carbocycles. The van der Waals surface area contributed by atoms with E-state index in [2.05, 4.69) is 0 Å². The van der Waals surface area contributed by atoms with Gasteiger partial charge < -0.3 is 19.8 Å². The van der Waals surface area contributed by atoms with Crippen LogP contribution in [0.5, 0.6) is 0 Å². The number of thioether (sulfide) groups is 1. The Morgan fingerprint density at radius 3 is 2.40 bits per heavy atom. The van der Waals surface area contributed by atoms with E-state index in [0.717, 1.165) is 0 Å². The van der Waals surface area contributed by atoms with Gasteiger partial charge in [0.25, 0.3) is 0 Å². The number of aliphatic hydroxyl groups is 1. The minimum absolute atomic E-state index is 0.0163. The normalized spacial score (nSPS) is 17.5. The van der Waals surface area contributed by atoms with Crippen molar-refractivity contribution in [2.75, 3.05) is 25.4 Å². The molecule has 0 spiro atoms. The summed E-state index contributed by atoms with van der Waals surface area (Å²) >= 11 is 1.51. The second kappa shape index (κ2) is 6.67. The number of hydrogen-bond donors (Lipinski definition) is 2. The predicted octanol–water partition coefficient (Wildman–Crippen LogP) is 1.57. The van der Waals surface area contributed by atoms with Crippen LogP contribution < -0.4 is 0 Å². The van der Waals surface area contributed by atoms with Crippen molar-refractivity contribution in [1.29, 1.82) is 0 Å². The highest BCUT2D eigenvalue weighted by Crippen LogP contribution is 2.39. The summed E-state index contributed by atoms with van der Waals surface area (Å²) in [5, 5.41) is 17.8. The van der Waals surface area contributed by atoms with Crippen molar-refractivity contribution in [1.82, 2.24) is 4.90 Å². The molecule has 0 bridgehead atoms. The first-order valence-electron chi connectivity index (χ1n) is 6.62. The highest BCUT2D eigenvalue weighted by Gasteiger charge is 2.48. The van der Waals surface area contributed by atoms with Crippen LogP contribution in [-0.4, -0.2) is 63.0 Å². The van der Waals surface area contributed by atoms with E-state index in [4.69, 9.17) is 14.9 Å². The van der Waals surface area contributed by atoms with E-state index in [0.29, 0.717) is 25.3 Å². The number of nitrogens with zero attached hydrogens (tertiary/aromatic N) is 1. The standard InChI is InChI=1S/C13H23NO5S/c1-12(2,3)19-11(18)14-8-13(9-14,7-10(16)17)20-6-4-5-15/h15H,4-9H2,1-3H3,(H,16,17). The maximum Gasteiger partial charge on any atom is 0.410 e. The average molecular weight is 305 g/mol. The molecule has 1 aliphatic rings. The molecule has 1 rings (SSSR count). The van der Waals surface area contributed by atoms with Crippen molar-refractivity contribution >= 4 is 23.8 Å². The number of likely N-dealkylation sites (tertiary alicyclic amines) is 1. The summed E-state index contributed by atoms with van der Waals surface area (Å²) < 4.78 is 4.81. The fourth-order valence-corrected chi connectivity index (χ4v) is 3.41. The Morgan fingerprint density at radius 2 is 1.95 bits per heavy atom. The number of carboxylic acids is 1. The zero-order chi connectivity index (χ0) is 15.4. The number of aliphatic carboxylic acids is 1. The zero-order valence-corrected chi connectivity index (χ0v) is 13.0. The van der Waals surface area contributed by atoms with Crippen LogP contribution in [0.3, 0.4) is 0 Å². The molecule has 1 fully saturated rings. The van der Waals surface area contributed by atoms with Gasteiger partial charge in [0, 0.05) is 19.7 Å². The molecule has 1 aliphatic heterocycles. The van der Waals surface area contributed by atoms with Crippen molar-refractivity contribution in [3.63, 3.8) is 0 Å². The Hall–Kier alpha value is -0.950. The van der Waals surface area contributed by atoms with Gasteiger partial charge in [-0.1, -0.05) is 0 Å². The number of carbonyl (C=O) groups excluding carboxylic acids is 1. The van der Waals surface area contributed by atoms with Gasteiger partial charge in [0.1, 0.15) is 5.60 Å². The SMILES string of the molecule is CC(C)(C)OC(=O)N1CC(CC(=O)O)(SCCCO)C1. The molecule has 0 saturated carbocycles. The van der Waals surface area contributed by atoms with Gasteiger partial charge in [0.15, 0.2) is 0 Å². The number of amides is 1. The van der Waals surface area contributed by atoms with Crippen LogP contribution >= 0.6 is 11.8 Å². The van der Waals surface area contributed by atoms with Crippen LogP contribution in [0.15, 0.2) is 0 Å². The third-order valence-corrected chi connectivity index (χ3v) is 4.30. The minimum Gasteiger partial charge on any atom is -0.481 e. The van der Waals surface area contributed by atoms with Crippen LogP contribution in [0.1, 0.15) is 33.6 Å². The molecular weight excluding hydrogens is 282 g/mol. The van der Waals surface area contributed by atoms with Gasteiger partial charge in [-0.05, 0) is 32.9 Å². The minimum atomic E-state index is -0.870. The van der Waals surface area contributed by atoms with Gasteiger partial charge in [-0.15, -0.1) is 0 Å². The first-order valence-corrected chi connectivity index (χ1v) is 7.61. The van der Waals surface area contributed by atoms with Crippen molar-refractivity contribution < 1.29 is 24.5 Å². The maximum atomic E-state index is 11.9. The average Bonchev–Trinajstić information content (AvgIpc) is 2.21. The van der Waals surface area contributed by atoms with Crippen LogP contribution in [0, 0.1) is 0 Å². The number of hydrogen-bond acceptors (Lipinski definition) is 5. The van der Waals surface area contributed by atoms with E-state index in [1.54, 1.807) is 20.8 Å². The molecule has 1 saturated heterocycles. The number of aliphatic hydroxyl groups excluding tert-OH is 1. The molecule has 0 radical (unpaired) electrons. The Bertz CT molecular complexity index is 360. The van der Waals surface area contributed by atoms with E-state index >= 15 is 0 Å². The van der Waals surface area contributed by atoms with Crippen molar-refractivity contribution in [3.8, 4) is 0 Å². The van der Waals surface area contributed by atoms with E-state index in [-0.39, 0.29) is 13.0 Å². The van der Waals surface area contributed by atoms with Crippen molar-refractivity contribution in [2.45, 2.75) is 44.0 Å². The predicted molar refractivity (Wildman–Crippen MR) is 77.0 cm³/mol. The summed E-state index contributed by atoms with van der Waals surface area (Å²) in [5.74, 6) is -0.184. The summed E-state index contributed by atoms with van der Waals surface area (Å²) in [6, 6.07) is 0. The Labute approximate surface area is 123 Å². The van der Waals surface area contributed by atoms with E-state index in [1.807, 2.05) is 0 Å². The molecule has 0 aromatic rings. The number of carboxylic acid groups (broad SMARTS) is 1. The largest absolute Gasteiger partial charge is 0.481 e. The molecule has 0 unspecified atom stereocenters. The summed E-state index contributed by atoms with van der Waals surface area (Å²) in [5.41, 5.74) is -0.549. The second-order valence-electron chi connectivity index (χ2n) is 6.02. The Kier molecular flexibility index (Phi) is 5.70. The van der Waals surface area contributed by atoms with Gasteiger partial charge in [-0.3, -0.25) is 4.79 Å². The lowest BCUT2D eigenvalue weighted by atomic mass is 9.95. The van der Waals surface area contributed by atoms with Gasteiger partial charge in [-0.2, -0.15) is 11.8 Å². The summed E-state index contributed by atoms with van der Waals surface area (Å²) in [6.07, 6.45) is 0.238. The molecule has 7 heteroatoms. The van der Waals surface area contributed by atoms with Crippen LogP contribution in [-0.2, 0) is 9.53 Å². The Balaban J connectivity index is 2.52.